The van der Waals surface area contributed by atoms with Crippen molar-refractivity contribution in [1.82, 2.24) is 10.6 Å². The Bertz CT molecular complexity index is 357. The van der Waals surface area contributed by atoms with Crippen molar-refractivity contribution in [1.29, 1.82) is 0 Å². The highest BCUT2D eigenvalue weighted by atomic mass is 79.9. The van der Waals surface area contributed by atoms with Crippen LogP contribution in [0, 0.1) is 6.92 Å². The van der Waals surface area contributed by atoms with E-state index in [2.05, 4.69) is 33.5 Å². The van der Waals surface area contributed by atoms with Gasteiger partial charge in [-0.3, -0.25) is 4.79 Å². The molecule has 3 nitrogen and oxygen atoms in total. The molecule has 0 spiro atoms. The lowest BCUT2D eigenvalue weighted by Crippen LogP contribution is -2.32. The van der Waals surface area contributed by atoms with Gasteiger partial charge in [0.1, 0.15) is 0 Å². The third-order valence-electron chi connectivity index (χ3n) is 2.07. The second-order valence-electron chi connectivity index (χ2n) is 3.55. The first kappa shape index (κ1) is 16.9. The van der Waals surface area contributed by atoms with Crippen LogP contribution in [0.1, 0.15) is 28.6 Å². The molecule has 0 saturated heterocycles. The van der Waals surface area contributed by atoms with Crippen LogP contribution in [0.4, 0.5) is 0 Å². The molecule has 1 rings (SSSR count). The molecule has 2 N–H and O–H groups in total. The normalized spacial score (nSPS) is 9.82. The van der Waals surface area contributed by atoms with E-state index in [0.717, 1.165) is 33.7 Å². The Labute approximate surface area is 121 Å². The number of halogens is 2. The zero-order valence-corrected chi connectivity index (χ0v) is 13.2. The van der Waals surface area contributed by atoms with E-state index in [1.54, 1.807) is 11.3 Å². The fraction of sp³-hybridized carbons (Fsp3) is 0.545. The van der Waals surface area contributed by atoms with Crippen molar-refractivity contribution in [3.63, 3.8) is 0 Å². The van der Waals surface area contributed by atoms with Gasteiger partial charge in [0.25, 0.3) is 5.91 Å². The standard InChI is InChI=1S/C11H17BrN2OS.ClH/c1-3-4-13-5-6-14-11(15)9-7-8(2)16-10(9)12;/h7,13H,3-6H2,1-2H3,(H,14,15);1H. The summed E-state index contributed by atoms with van der Waals surface area (Å²) in [6.07, 6.45) is 1.11. The Morgan fingerprint density at radius 3 is 2.65 bits per heavy atom. The molecule has 1 heterocycles. The van der Waals surface area contributed by atoms with E-state index in [9.17, 15) is 4.79 Å². The van der Waals surface area contributed by atoms with E-state index >= 15 is 0 Å². The minimum Gasteiger partial charge on any atom is -0.351 e. The molecule has 1 amide bonds. The molecule has 6 heteroatoms. The molecule has 0 aliphatic rings. The van der Waals surface area contributed by atoms with Crippen molar-refractivity contribution in [2.75, 3.05) is 19.6 Å². The summed E-state index contributed by atoms with van der Waals surface area (Å²) in [5.74, 6) is -0.00507. The van der Waals surface area contributed by atoms with E-state index in [-0.39, 0.29) is 18.3 Å². The lowest BCUT2D eigenvalue weighted by molar-refractivity contribution is 0.0953. The predicted octanol–water partition coefficient (Wildman–Crippen LogP) is 2.97. The summed E-state index contributed by atoms with van der Waals surface area (Å²) in [5.41, 5.74) is 0.734. The molecule has 0 unspecified atom stereocenters. The van der Waals surface area contributed by atoms with E-state index in [0.29, 0.717) is 6.54 Å². The summed E-state index contributed by atoms with van der Waals surface area (Å²) in [5, 5.41) is 6.13. The van der Waals surface area contributed by atoms with Gasteiger partial charge in [0, 0.05) is 18.0 Å². The average Bonchev–Trinajstić information content (AvgIpc) is 2.57. The maximum atomic E-state index is 11.7. The Kier molecular flexibility index (Phi) is 8.86. The monoisotopic (exact) mass is 340 g/mol. The van der Waals surface area contributed by atoms with Crippen LogP contribution >= 0.6 is 39.7 Å². The van der Waals surface area contributed by atoms with Crippen molar-refractivity contribution < 1.29 is 4.79 Å². The van der Waals surface area contributed by atoms with Crippen LogP contribution in [-0.2, 0) is 0 Å². The molecule has 0 atom stereocenters. The molecule has 1 aromatic rings. The van der Waals surface area contributed by atoms with Gasteiger partial charge >= 0.3 is 0 Å². The summed E-state index contributed by atoms with van der Waals surface area (Å²) in [7, 11) is 0. The number of hydrogen-bond acceptors (Lipinski definition) is 3. The zero-order chi connectivity index (χ0) is 12.0. The Hall–Kier alpha value is -0.100. The Balaban J connectivity index is 0.00000256. The molecule has 0 aliphatic carbocycles. The topological polar surface area (TPSA) is 41.1 Å². The molecule has 0 fully saturated rings. The summed E-state index contributed by atoms with van der Waals surface area (Å²) >= 11 is 4.98. The highest BCUT2D eigenvalue weighted by Gasteiger charge is 2.11. The van der Waals surface area contributed by atoms with Gasteiger partial charge in [0.05, 0.1) is 9.35 Å². The van der Waals surface area contributed by atoms with E-state index in [4.69, 9.17) is 0 Å². The Morgan fingerprint density at radius 1 is 1.41 bits per heavy atom. The highest BCUT2D eigenvalue weighted by molar-refractivity contribution is 9.11. The minimum atomic E-state index is -0.00507. The van der Waals surface area contributed by atoms with E-state index in [1.165, 1.54) is 0 Å². The van der Waals surface area contributed by atoms with Crippen molar-refractivity contribution in [3.8, 4) is 0 Å². The molecule has 98 valence electrons. The van der Waals surface area contributed by atoms with E-state index in [1.807, 2.05) is 13.0 Å². The first-order valence-electron chi connectivity index (χ1n) is 5.40. The summed E-state index contributed by atoms with van der Waals surface area (Å²) < 4.78 is 0.906. The lowest BCUT2D eigenvalue weighted by atomic mass is 10.3. The molecule has 0 radical (unpaired) electrons. The number of aryl methyl sites for hydroxylation is 1. The quantitative estimate of drug-likeness (QED) is 0.781. The van der Waals surface area contributed by atoms with Crippen LogP contribution in [0.2, 0.25) is 0 Å². The predicted molar refractivity (Wildman–Crippen MR) is 79.5 cm³/mol. The molecule has 1 aromatic heterocycles. The van der Waals surface area contributed by atoms with Gasteiger partial charge in [-0.2, -0.15) is 0 Å². The third kappa shape index (κ3) is 5.86. The van der Waals surface area contributed by atoms with Crippen molar-refractivity contribution in [3.05, 3.63) is 20.3 Å². The fourth-order valence-electron chi connectivity index (χ4n) is 1.30. The minimum absolute atomic E-state index is 0. The number of hydrogen-bond donors (Lipinski definition) is 2. The molecule has 0 bridgehead atoms. The van der Waals surface area contributed by atoms with Crippen molar-refractivity contribution in [2.24, 2.45) is 0 Å². The number of nitrogens with one attached hydrogen (secondary N) is 2. The van der Waals surface area contributed by atoms with Crippen LogP contribution in [-0.4, -0.2) is 25.5 Å². The largest absolute Gasteiger partial charge is 0.351 e. The van der Waals surface area contributed by atoms with E-state index < -0.39 is 0 Å². The fourth-order valence-corrected chi connectivity index (χ4v) is 3.08. The first-order chi connectivity index (χ1) is 7.65. The van der Waals surface area contributed by atoms with Gasteiger partial charge in [-0.1, -0.05) is 6.92 Å². The number of carbonyl (C=O) groups excluding carboxylic acids is 1. The van der Waals surface area contributed by atoms with Gasteiger partial charge in [0.2, 0.25) is 0 Å². The molecular weight excluding hydrogens is 324 g/mol. The van der Waals surface area contributed by atoms with Gasteiger partial charge < -0.3 is 10.6 Å². The zero-order valence-electron chi connectivity index (χ0n) is 10.0. The SMILES string of the molecule is CCCNCCNC(=O)c1cc(C)sc1Br.Cl. The molecule has 17 heavy (non-hydrogen) atoms. The number of carbonyl (C=O) groups is 1. The molecule has 0 saturated carbocycles. The van der Waals surface area contributed by atoms with Crippen LogP contribution < -0.4 is 10.6 Å². The van der Waals surface area contributed by atoms with Gasteiger partial charge in [-0.25, -0.2) is 0 Å². The van der Waals surface area contributed by atoms with Gasteiger partial charge in [-0.15, -0.1) is 23.7 Å². The highest BCUT2D eigenvalue weighted by Crippen LogP contribution is 2.27. The maximum Gasteiger partial charge on any atom is 0.253 e. The van der Waals surface area contributed by atoms with Crippen LogP contribution in [0.15, 0.2) is 9.85 Å². The number of rotatable bonds is 6. The van der Waals surface area contributed by atoms with Crippen LogP contribution in [0.3, 0.4) is 0 Å². The Morgan fingerprint density at radius 2 is 2.12 bits per heavy atom. The first-order valence-corrected chi connectivity index (χ1v) is 7.01. The molecule has 0 aliphatic heterocycles. The summed E-state index contributed by atoms with van der Waals surface area (Å²) in [4.78, 5) is 12.9. The molecular formula is C11H18BrClN2OS. The lowest BCUT2D eigenvalue weighted by Gasteiger charge is -2.05. The van der Waals surface area contributed by atoms with Gasteiger partial charge in [0.15, 0.2) is 0 Å². The van der Waals surface area contributed by atoms with Crippen LogP contribution in [0.5, 0.6) is 0 Å². The molecule has 0 aromatic carbocycles. The second kappa shape index (κ2) is 8.91. The average molecular weight is 342 g/mol. The third-order valence-corrected chi connectivity index (χ3v) is 3.82. The second-order valence-corrected chi connectivity index (χ2v) is 6.12. The summed E-state index contributed by atoms with van der Waals surface area (Å²) in [6, 6.07) is 1.91. The van der Waals surface area contributed by atoms with Crippen molar-refractivity contribution >= 4 is 45.6 Å². The number of thiophene rings is 1. The van der Waals surface area contributed by atoms with Crippen LogP contribution in [0.25, 0.3) is 0 Å². The smallest absolute Gasteiger partial charge is 0.253 e. The maximum absolute atomic E-state index is 11.7. The van der Waals surface area contributed by atoms with Crippen molar-refractivity contribution in [2.45, 2.75) is 20.3 Å². The number of amides is 1. The summed E-state index contributed by atoms with van der Waals surface area (Å²) in [6.45, 7) is 6.60. The van der Waals surface area contributed by atoms with Gasteiger partial charge in [-0.05, 0) is 41.9 Å².